The summed E-state index contributed by atoms with van der Waals surface area (Å²) < 4.78 is 0. The van der Waals surface area contributed by atoms with Crippen molar-refractivity contribution in [3.63, 3.8) is 0 Å². The van der Waals surface area contributed by atoms with Crippen molar-refractivity contribution in [3.8, 4) is 0 Å². The van der Waals surface area contributed by atoms with Gasteiger partial charge < -0.3 is 10.2 Å². The third kappa shape index (κ3) is 5.08. The molecule has 6 heteroatoms. The van der Waals surface area contributed by atoms with Crippen LogP contribution in [0.1, 0.15) is 11.1 Å². The summed E-state index contributed by atoms with van der Waals surface area (Å²) in [5, 5.41) is 5.59. The van der Waals surface area contributed by atoms with E-state index >= 15 is 0 Å². The van der Waals surface area contributed by atoms with Gasteiger partial charge in [0.15, 0.2) is 5.11 Å². The number of piperazine rings is 1. The summed E-state index contributed by atoms with van der Waals surface area (Å²) in [6, 6.07) is 13.9. The SMILES string of the molecule is Cc1ccc(Cl)cc1NC(=S)N1CCN(Cc2cccc(Cl)c2)CC1. The van der Waals surface area contributed by atoms with Crippen LogP contribution in [-0.4, -0.2) is 41.1 Å². The molecule has 2 aromatic rings. The molecule has 0 aromatic heterocycles. The molecular formula is C19H21Cl2N3S. The third-order valence-corrected chi connectivity index (χ3v) is 5.23. The largest absolute Gasteiger partial charge is 0.346 e. The molecule has 0 bridgehead atoms. The summed E-state index contributed by atoms with van der Waals surface area (Å²) in [4.78, 5) is 4.64. The molecular weight excluding hydrogens is 373 g/mol. The molecule has 1 aliphatic heterocycles. The zero-order valence-corrected chi connectivity index (χ0v) is 16.5. The molecule has 1 saturated heterocycles. The van der Waals surface area contributed by atoms with Gasteiger partial charge in [-0.25, -0.2) is 0 Å². The molecule has 25 heavy (non-hydrogen) atoms. The minimum Gasteiger partial charge on any atom is -0.346 e. The fraction of sp³-hybridized carbons (Fsp3) is 0.316. The Balaban J connectivity index is 1.53. The maximum Gasteiger partial charge on any atom is 0.173 e. The smallest absolute Gasteiger partial charge is 0.173 e. The van der Waals surface area contributed by atoms with Gasteiger partial charge in [-0.05, 0) is 54.5 Å². The van der Waals surface area contributed by atoms with Crippen LogP contribution in [0.25, 0.3) is 0 Å². The molecule has 3 rings (SSSR count). The van der Waals surface area contributed by atoms with Crippen LogP contribution in [0.3, 0.4) is 0 Å². The lowest BCUT2D eigenvalue weighted by molar-refractivity contribution is 0.177. The second-order valence-corrected chi connectivity index (χ2v) is 7.54. The van der Waals surface area contributed by atoms with Crippen LogP contribution in [0.2, 0.25) is 10.0 Å². The number of hydrogen-bond donors (Lipinski definition) is 1. The van der Waals surface area contributed by atoms with Crippen LogP contribution < -0.4 is 5.32 Å². The van der Waals surface area contributed by atoms with E-state index in [2.05, 4.69) is 21.2 Å². The predicted octanol–water partition coefficient (Wildman–Crippen LogP) is 4.82. The second-order valence-electron chi connectivity index (χ2n) is 6.28. The third-order valence-electron chi connectivity index (χ3n) is 4.40. The van der Waals surface area contributed by atoms with Crippen LogP contribution in [0.15, 0.2) is 42.5 Å². The molecule has 1 heterocycles. The first kappa shape index (κ1) is 18.5. The normalized spacial score (nSPS) is 15.2. The van der Waals surface area contributed by atoms with E-state index in [9.17, 15) is 0 Å². The summed E-state index contributed by atoms with van der Waals surface area (Å²) in [6.45, 7) is 6.73. The number of hydrogen-bond acceptors (Lipinski definition) is 2. The molecule has 0 amide bonds. The highest BCUT2D eigenvalue weighted by atomic mass is 35.5. The highest BCUT2D eigenvalue weighted by molar-refractivity contribution is 7.80. The lowest BCUT2D eigenvalue weighted by Crippen LogP contribution is -2.49. The molecule has 0 unspecified atom stereocenters. The Morgan fingerprint density at radius 2 is 1.76 bits per heavy atom. The van der Waals surface area contributed by atoms with Crippen LogP contribution >= 0.6 is 35.4 Å². The fourth-order valence-electron chi connectivity index (χ4n) is 2.93. The Labute approximate surface area is 164 Å². The molecule has 0 aliphatic carbocycles. The summed E-state index contributed by atoms with van der Waals surface area (Å²) in [5.74, 6) is 0. The number of benzene rings is 2. The van der Waals surface area contributed by atoms with Crippen molar-refractivity contribution in [2.24, 2.45) is 0 Å². The topological polar surface area (TPSA) is 18.5 Å². The number of thiocarbonyl (C=S) groups is 1. The van der Waals surface area contributed by atoms with Gasteiger partial charge >= 0.3 is 0 Å². The number of nitrogens with zero attached hydrogens (tertiary/aromatic N) is 2. The maximum atomic E-state index is 6.08. The minimum atomic E-state index is 0.710. The highest BCUT2D eigenvalue weighted by Gasteiger charge is 2.19. The first-order valence-electron chi connectivity index (χ1n) is 8.30. The van der Waals surface area contributed by atoms with Gasteiger partial charge in [0, 0.05) is 48.5 Å². The van der Waals surface area contributed by atoms with Crippen LogP contribution in [0.5, 0.6) is 0 Å². The Hall–Kier alpha value is -1.33. The average Bonchev–Trinajstić information content (AvgIpc) is 2.59. The van der Waals surface area contributed by atoms with Crippen molar-refractivity contribution >= 4 is 46.2 Å². The van der Waals surface area contributed by atoms with Gasteiger partial charge in [0.25, 0.3) is 0 Å². The number of nitrogens with one attached hydrogen (secondary N) is 1. The molecule has 0 radical (unpaired) electrons. The summed E-state index contributed by atoms with van der Waals surface area (Å²) >= 11 is 17.7. The van der Waals surface area contributed by atoms with E-state index in [0.717, 1.165) is 54.1 Å². The predicted molar refractivity (Wildman–Crippen MR) is 111 cm³/mol. The van der Waals surface area contributed by atoms with E-state index in [-0.39, 0.29) is 0 Å². The quantitative estimate of drug-likeness (QED) is 0.753. The minimum absolute atomic E-state index is 0.710. The van der Waals surface area contributed by atoms with Crippen molar-refractivity contribution in [3.05, 3.63) is 63.6 Å². The number of rotatable bonds is 3. The van der Waals surface area contributed by atoms with Crippen LogP contribution in [0, 0.1) is 6.92 Å². The van der Waals surface area contributed by atoms with E-state index in [1.165, 1.54) is 5.56 Å². The van der Waals surface area contributed by atoms with Gasteiger partial charge in [-0.1, -0.05) is 41.4 Å². The van der Waals surface area contributed by atoms with Crippen LogP contribution in [0.4, 0.5) is 5.69 Å². The molecule has 1 aliphatic rings. The van der Waals surface area contributed by atoms with Gasteiger partial charge in [-0.3, -0.25) is 4.90 Å². The second kappa shape index (κ2) is 8.37. The van der Waals surface area contributed by atoms with Crippen molar-refractivity contribution in [1.82, 2.24) is 9.80 Å². The molecule has 0 spiro atoms. The first-order chi connectivity index (χ1) is 12.0. The average molecular weight is 394 g/mol. The van der Waals surface area contributed by atoms with E-state index < -0.39 is 0 Å². The zero-order valence-electron chi connectivity index (χ0n) is 14.1. The van der Waals surface area contributed by atoms with Gasteiger partial charge in [0.2, 0.25) is 0 Å². The van der Waals surface area contributed by atoms with Gasteiger partial charge in [0.1, 0.15) is 0 Å². The zero-order chi connectivity index (χ0) is 17.8. The standard InChI is InChI=1S/C19H21Cl2N3S/c1-14-5-6-17(21)12-18(14)22-19(25)24-9-7-23(8-10-24)13-15-3-2-4-16(20)11-15/h2-6,11-12H,7-10,13H2,1H3,(H,22,25). The van der Waals surface area contributed by atoms with E-state index in [0.29, 0.717) is 5.02 Å². The number of halogens is 2. The van der Waals surface area contributed by atoms with E-state index in [1.807, 2.05) is 43.3 Å². The Morgan fingerprint density at radius 1 is 1.04 bits per heavy atom. The highest BCUT2D eigenvalue weighted by Crippen LogP contribution is 2.21. The van der Waals surface area contributed by atoms with E-state index in [1.54, 1.807) is 0 Å². The molecule has 132 valence electrons. The van der Waals surface area contributed by atoms with Crippen molar-refractivity contribution in [2.45, 2.75) is 13.5 Å². The Bertz CT molecular complexity index is 758. The Morgan fingerprint density at radius 3 is 2.48 bits per heavy atom. The van der Waals surface area contributed by atoms with Crippen LogP contribution in [-0.2, 0) is 6.54 Å². The van der Waals surface area contributed by atoms with Crippen molar-refractivity contribution in [1.29, 1.82) is 0 Å². The number of aryl methyl sites for hydroxylation is 1. The van der Waals surface area contributed by atoms with Gasteiger partial charge in [-0.15, -0.1) is 0 Å². The molecule has 2 aromatic carbocycles. The lowest BCUT2D eigenvalue weighted by atomic mass is 10.2. The Kier molecular flexibility index (Phi) is 6.18. The summed E-state index contributed by atoms with van der Waals surface area (Å²) in [6.07, 6.45) is 0. The lowest BCUT2D eigenvalue weighted by Gasteiger charge is -2.36. The van der Waals surface area contributed by atoms with Gasteiger partial charge in [-0.2, -0.15) is 0 Å². The van der Waals surface area contributed by atoms with Gasteiger partial charge in [0.05, 0.1) is 0 Å². The number of anilines is 1. The fourth-order valence-corrected chi connectivity index (χ4v) is 3.60. The van der Waals surface area contributed by atoms with Crippen molar-refractivity contribution in [2.75, 3.05) is 31.5 Å². The summed E-state index contributed by atoms with van der Waals surface area (Å²) in [5.41, 5.74) is 3.35. The summed E-state index contributed by atoms with van der Waals surface area (Å²) in [7, 11) is 0. The molecule has 1 fully saturated rings. The first-order valence-corrected chi connectivity index (χ1v) is 9.46. The van der Waals surface area contributed by atoms with Crippen molar-refractivity contribution < 1.29 is 0 Å². The molecule has 0 saturated carbocycles. The maximum absolute atomic E-state index is 6.08. The molecule has 3 nitrogen and oxygen atoms in total. The monoisotopic (exact) mass is 393 g/mol. The molecule has 1 N–H and O–H groups in total. The molecule has 0 atom stereocenters. The van der Waals surface area contributed by atoms with E-state index in [4.69, 9.17) is 35.4 Å².